The summed E-state index contributed by atoms with van der Waals surface area (Å²) in [6, 6.07) is 4.11. The fourth-order valence-corrected chi connectivity index (χ4v) is 4.35. The van der Waals surface area contributed by atoms with Gasteiger partial charge in [0.25, 0.3) is 0 Å². The van der Waals surface area contributed by atoms with Crippen LogP contribution in [0.25, 0.3) is 10.9 Å². The van der Waals surface area contributed by atoms with E-state index in [-0.39, 0.29) is 17.3 Å². The van der Waals surface area contributed by atoms with Crippen molar-refractivity contribution in [2.24, 2.45) is 11.3 Å². The van der Waals surface area contributed by atoms with E-state index in [1.807, 2.05) is 25.4 Å². The average Bonchev–Trinajstić information content (AvgIpc) is 3.29. The van der Waals surface area contributed by atoms with Gasteiger partial charge in [0.2, 0.25) is 0 Å². The van der Waals surface area contributed by atoms with Crippen molar-refractivity contribution in [2.45, 2.75) is 44.9 Å². The van der Waals surface area contributed by atoms with E-state index in [9.17, 15) is 4.79 Å². The average molecular weight is 310 g/mol. The van der Waals surface area contributed by atoms with E-state index in [1.165, 1.54) is 10.9 Å². The van der Waals surface area contributed by atoms with Crippen LogP contribution in [0.15, 0.2) is 30.7 Å². The second-order valence-corrected chi connectivity index (χ2v) is 6.94. The van der Waals surface area contributed by atoms with Crippen LogP contribution in [0.2, 0.25) is 0 Å². The van der Waals surface area contributed by atoms with E-state index < -0.39 is 0 Å². The van der Waals surface area contributed by atoms with Gasteiger partial charge in [-0.05, 0) is 68.1 Å². The minimum Gasteiger partial charge on any atom is -0.466 e. The molecule has 4 heteroatoms. The van der Waals surface area contributed by atoms with Crippen molar-refractivity contribution in [3.63, 3.8) is 0 Å². The summed E-state index contributed by atoms with van der Waals surface area (Å²) in [5.41, 5.74) is 2.63. The zero-order chi connectivity index (χ0) is 15.9. The standard InChI is InChI=1S/C19H22N2O2/c1-2-23-18(22)16-11-19(16)7-3-13(4-8-19)14-5-10-21-17-6-9-20-12-15(14)17/h5-6,9-10,12-13,16H,2-4,7-8,11H2,1H3/t13?,16-,19?/m0/s1. The van der Waals surface area contributed by atoms with Gasteiger partial charge in [0.05, 0.1) is 18.0 Å². The molecular formula is C19H22N2O2. The van der Waals surface area contributed by atoms with E-state index >= 15 is 0 Å². The van der Waals surface area contributed by atoms with Gasteiger partial charge in [0.15, 0.2) is 0 Å². The molecule has 4 nitrogen and oxygen atoms in total. The highest BCUT2D eigenvalue weighted by atomic mass is 16.5. The monoisotopic (exact) mass is 310 g/mol. The molecular weight excluding hydrogens is 288 g/mol. The van der Waals surface area contributed by atoms with Gasteiger partial charge in [0.1, 0.15) is 0 Å². The van der Waals surface area contributed by atoms with Crippen LogP contribution in [0, 0.1) is 11.3 Å². The molecule has 0 aromatic carbocycles. The summed E-state index contributed by atoms with van der Waals surface area (Å²) in [4.78, 5) is 20.7. The lowest BCUT2D eigenvalue weighted by Gasteiger charge is -2.30. The Labute approximate surface area is 136 Å². The van der Waals surface area contributed by atoms with Crippen LogP contribution in [0.1, 0.15) is 50.5 Å². The molecule has 2 fully saturated rings. The summed E-state index contributed by atoms with van der Waals surface area (Å²) in [5, 5.41) is 1.17. The van der Waals surface area contributed by atoms with Crippen molar-refractivity contribution >= 4 is 16.9 Å². The lowest BCUT2D eigenvalue weighted by atomic mass is 9.75. The van der Waals surface area contributed by atoms with Crippen LogP contribution in [0.3, 0.4) is 0 Å². The summed E-state index contributed by atoms with van der Waals surface area (Å²) >= 11 is 0. The predicted octanol–water partition coefficient (Wildman–Crippen LogP) is 3.86. The predicted molar refractivity (Wildman–Crippen MR) is 87.9 cm³/mol. The Bertz CT molecular complexity index is 730. The van der Waals surface area contributed by atoms with Crippen LogP contribution in [-0.4, -0.2) is 22.5 Å². The number of esters is 1. The smallest absolute Gasteiger partial charge is 0.309 e. The van der Waals surface area contributed by atoms with E-state index in [0.717, 1.165) is 37.6 Å². The lowest BCUT2D eigenvalue weighted by molar-refractivity contribution is -0.145. The van der Waals surface area contributed by atoms with Gasteiger partial charge in [0, 0.05) is 24.0 Å². The maximum Gasteiger partial charge on any atom is 0.309 e. The molecule has 2 aliphatic rings. The Morgan fingerprint density at radius 2 is 2.13 bits per heavy atom. The van der Waals surface area contributed by atoms with Crippen LogP contribution in [-0.2, 0) is 9.53 Å². The largest absolute Gasteiger partial charge is 0.466 e. The van der Waals surface area contributed by atoms with E-state index in [0.29, 0.717) is 12.5 Å². The molecule has 0 radical (unpaired) electrons. The molecule has 23 heavy (non-hydrogen) atoms. The molecule has 1 atom stereocenters. The molecule has 120 valence electrons. The van der Waals surface area contributed by atoms with Crippen molar-refractivity contribution in [3.05, 3.63) is 36.3 Å². The third-order valence-electron chi connectivity index (χ3n) is 5.76. The molecule has 2 aromatic rings. The minimum absolute atomic E-state index is 0.0181. The SMILES string of the molecule is CCOC(=O)[C@@H]1CC12CCC(c1ccnc3ccncc13)CC2. The van der Waals surface area contributed by atoms with Crippen LogP contribution < -0.4 is 0 Å². The molecule has 0 amide bonds. The van der Waals surface area contributed by atoms with Crippen molar-refractivity contribution in [3.8, 4) is 0 Å². The summed E-state index contributed by atoms with van der Waals surface area (Å²) < 4.78 is 5.21. The Hall–Kier alpha value is -1.97. The van der Waals surface area contributed by atoms with Crippen molar-refractivity contribution in [2.75, 3.05) is 6.61 Å². The molecule has 0 N–H and O–H groups in total. The van der Waals surface area contributed by atoms with Gasteiger partial charge in [-0.3, -0.25) is 14.8 Å². The number of hydrogen-bond acceptors (Lipinski definition) is 4. The van der Waals surface area contributed by atoms with Crippen molar-refractivity contribution in [1.29, 1.82) is 0 Å². The number of carbonyl (C=O) groups is 1. The van der Waals surface area contributed by atoms with E-state index in [1.54, 1.807) is 6.20 Å². The zero-order valence-electron chi connectivity index (χ0n) is 13.5. The third kappa shape index (κ3) is 2.50. The first kappa shape index (κ1) is 14.6. The number of fused-ring (bicyclic) bond motifs is 1. The topological polar surface area (TPSA) is 52.1 Å². The zero-order valence-corrected chi connectivity index (χ0v) is 13.5. The molecule has 2 aromatic heterocycles. The van der Waals surface area contributed by atoms with Gasteiger partial charge >= 0.3 is 5.97 Å². The number of rotatable bonds is 3. The molecule has 0 aliphatic heterocycles. The van der Waals surface area contributed by atoms with Gasteiger partial charge in [-0.25, -0.2) is 0 Å². The first-order valence-corrected chi connectivity index (χ1v) is 8.59. The van der Waals surface area contributed by atoms with Gasteiger partial charge in [-0.1, -0.05) is 0 Å². The van der Waals surface area contributed by atoms with Crippen LogP contribution in [0.4, 0.5) is 0 Å². The van der Waals surface area contributed by atoms with E-state index in [2.05, 4.69) is 16.0 Å². The number of ether oxygens (including phenoxy) is 1. The second-order valence-electron chi connectivity index (χ2n) is 6.94. The number of pyridine rings is 2. The minimum atomic E-state index is 0.0181. The van der Waals surface area contributed by atoms with Gasteiger partial charge in [-0.15, -0.1) is 0 Å². The van der Waals surface area contributed by atoms with Gasteiger partial charge in [-0.2, -0.15) is 0 Å². The number of hydrogen-bond donors (Lipinski definition) is 0. The molecule has 1 spiro atoms. The Morgan fingerprint density at radius 3 is 2.91 bits per heavy atom. The van der Waals surface area contributed by atoms with Crippen LogP contribution in [0.5, 0.6) is 0 Å². The molecule has 2 aliphatic carbocycles. The van der Waals surface area contributed by atoms with E-state index in [4.69, 9.17) is 4.74 Å². The maximum atomic E-state index is 12.0. The van der Waals surface area contributed by atoms with Crippen molar-refractivity contribution in [1.82, 2.24) is 9.97 Å². The normalized spacial score (nSPS) is 29.6. The second kappa shape index (κ2) is 5.59. The lowest BCUT2D eigenvalue weighted by Crippen LogP contribution is -2.20. The first-order valence-electron chi connectivity index (χ1n) is 8.59. The quantitative estimate of drug-likeness (QED) is 0.808. The summed E-state index contributed by atoms with van der Waals surface area (Å²) in [6.45, 7) is 2.37. The number of nitrogens with zero attached hydrogens (tertiary/aromatic N) is 2. The molecule has 2 heterocycles. The first-order chi connectivity index (χ1) is 11.2. The van der Waals surface area contributed by atoms with Crippen molar-refractivity contribution < 1.29 is 9.53 Å². The fraction of sp³-hybridized carbons (Fsp3) is 0.526. The molecule has 2 saturated carbocycles. The highest BCUT2D eigenvalue weighted by molar-refractivity contribution is 5.81. The van der Waals surface area contributed by atoms with Crippen LogP contribution >= 0.6 is 0 Å². The Morgan fingerprint density at radius 1 is 1.30 bits per heavy atom. The highest BCUT2D eigenvalue weighted by Gasteiger charge is 2.59. The Balaban J connectivity index is 1.49. The highest BCUT2D eigenvalue weighted by Crippen LogP contribution is 2.63. The fourth-order valence-electron chi connectivity index (χ4n) is 4.35. The molecule has 0 saturated heterocycles. The third-order valence-corrected chi connectivity index (χ3v) is 5.76. The summed E-state index contributed by atoms with van der Waals surface area (Å²) in [6.07, 6.45) is 11.2. The van der Waals surface area contributed by atoms with Gasteiger partial charge < -0.3 is 4.74 Å². The number of carbonyl (C=O) groups excluding carboxylic acids is 1. The summed E-state index contributed by atoms with van der Waals surface area (Å²) in [5.74, 6) is 0.725. The Kier molecular flexibility index (Phi) is 3.55. The number of aromatic nitrogens is 2. The maximum absolute atomic E-state index is 12.0. The molecule has 0 bridgehead atoms. The molecule has 4 rings (SSSR count). The molecule has 0 unspecified atom stereocenters. The summed E-state index contributed by atoms with van der Waals surface area (Å²) in [7, 11) is 0.